The molecule has 2 aliphatic heterocycles. The van der Waals surface area contributed by atoms with Crippen molar-refractivity contribution in [2.24, 2.45) is 11.5 Å². The number of nitrogens with zero attached hydrogens (tertiary/aromatic N) is 2. The number of rotatable bonds is 5. The minimum absolute atomic E-state index is 0.0956. The van der Waals surface area contributed by atoms with Gasteiger partial charge in [-0.2, -0.15) is 0 Å². The molecule has 2 fully saturated rings. The molecule has 3 rings (SSSR count). The van der Waals surface area contributed by atoms with E-state index < -0.39 is 40.4 Å². The minimum atomic E-state index is -1.24. The van der Waals surface area contributed by atoms with Crippen LogP contribution in [0.1, 0.15) is 45.1 Å². The SMILES string of the molecule is C[C@]1(O)CC2(CCN(C(=O)CC[C@H](N)C(N)=O)CC2)OC[C@@H]1n1ccc(=O)[nH]c1=O. The van der Waals surface area contributed by atoms with Crippen LogP contribution in [0.15, 0.2) is 21.9 Å². The summed E-state index contributed by atoms with van der Waals surface area (Å²) in [5.41, 5.74) is 7.78. The molecule has 0 unspecified atom stereocenters. The highest BCUT2D eigenvalue weighted by Gasteiger charge is 2.50. The average molecular weight is 423 g/mol. The molecule has 30 heavy (non-hydrogen) atoms. The lowest BCUT2D eigenvalue weighted by Gasteiger charge is -2.51. The van der Waals surface area contributed by atoms with E-state index in [1.54, 1.807) is 11.8 Å². The minimum Gasteiger partial charge on any atom is -0.388 e. The van der Waals surface area contributed by atoms with E-state index in [0.29, 0.717) is 32.4 Å². The number of carbonyl (C=O) groups excluding carboxylic acids is 2. The van der Waals surface area contributed by atoms with Gasteiger partial charge in [0.2, 0.25) is 11.8 Å². The van der Waals surface area contributed by atoms with Gasteiger partial charge in [0.1, 0.15) is 0 Å². The molecule has 0 aromatic carbocycles. The van der Waals surface area contributed by atoms with Gasteiger partial charge in [0.15, 0.2) is 0 Å². The van der Waals surface area contributed by atoms with Crippen LogP contribution >= 0.6 is 0 Å². The van der Waals surface area contributed by atoms with Crippen LogP contribution in [0.4, 0.5) is 0 Å². The summed E-state index contributed by atoms with van der Waals surface area (Å²) in [6, 6.07) is -0.242. The lowest BCUT2D eigenvalue weighted by atomic mass is 9.75. The van der Waals surface area contributed by atoms with Crippen LogP contribution in [-0.4, -0.2) is 68.3 Å². The predicted octanol–water partition coefficient (Wildman–Crippen LogP) is -1.80. The fourth-order valence-corrected chi connectivity index (χ4v) is 4.37. The number of piperidine rings is 1. The number of H-pyrrole nitrogens is 1. The summed E-state index contributed by atoms with van der Waals surface area (Å²) in [6.45, 7) is 2.69. The first-order valence-corrected chi connectivity index (χ1v) is 10.0. The Bertz CT molecular complexity index is 914. The Balaban J connectivity index is 1.61. The van der Waals surface area contributed by atoms with Crippen molar-refractivity contribution in [1.29, 1.82) is 0 Å². The summed E-state index contributed by atoms with van der Waals surface area (Å²) in [5, 5.41) is 11.1. The number of nitrogens with one attached hydrogen (secondary N) is 1. The number of nitrogens with two attached hydrogens (primary N) is 2. The van der Waals surface area contributed by atoms with E-state index >= 15 is 0 Å². The number of primary amides is 1. The normalized spacial score (nSPS) is 27.0. The van der Waals surface area contributed by atoms with Gasteiger partial charge in [-0.15, -0.1) is 0 Å². The number of ether oxygens (including phenoxy) is 1. The molecule has 0 bridgehead atoms. The second-order valence-electron chi connectivity index (χ2n) is 8.49. The van der Waals surface area contributed by atoms with Crippen molar-refractivity contribution < 1.29 is 19.4 Å². The molecule has 11 nitrogen and oxygen atoms in total. The Morgan fingerprint density at radius 3 is 2.60 bits per heavy atom. The largest absolute Gasteiger partial charge is 0.388 e. The van der Waals surface area contributed by atoms with Gasteiger partial charge in [0.05, 0.1) is 29.9 Å². The molecule has 3 atom stereocenters. The van der Waals surface area contributed by atoms with Gasteiger partial charge in [-0.05, 0) is 26.2 Å². The Morgan fingerprint density at radius 2 is 2.03 bits per heavy atom. The first-order valence-electron chi connectivity index (χ1n) is 10.0. The van der Waals surface area contributed by atoms with Gasteiger partial charge in [0.25, 0.3) is 5.56 Å². The van der Waals surface area contributed by atoms with Crippen LogP contribution in [0, 0.1) is 0 Å². The third-order valence-electron chi connectivity index (χ3n) is 6.19. The van der Waals surface area contributed by atoms with Crippen molar-refractivity contribution in [3.05, 3.63) is 33.1 Å². The average Bonchev–Trinajstić information content (AvgIpc) is 2.66. The van der Waals surface area contributed by atoms with Crippen LogP contribution in [0.2, 0.25) is 0 Å². The number of likely N-dealkylation sites (tertiary alicyclic amines) is 1. The maximum absolute atomic E-state index is 12.4. The summed E-state index contributed by atoms with van der Waals surface area (Å²) in [4.78, 5) is 50.7. The van der Waals surface area contributed by atoms with E-state index in [9.17, 15) is 24.3 Å². The fourth-order valence-electron chi connectivity index (χ4n) is 4.37. The molecule has 0 radical (unpaired) electrons. The van der Waals surface area contributed by atoms with E-state index in [1.165, 1.54) is 16.8 Å². The molecule has 11 heteroatoms. The molecule has 0 saturated carbocycles. The number of carbonyl (C=O) groups is 2. The zero-order chi connectivity index (χ0) is 22.1. The van der Waals surface area contributed by atoms with Crippen molar-refractivity contribution in [2.75, 3.05) is 19.7 Å². The molecule has 2 saturated heterocycles. The van der Waals surface area contributed by atoms with Crippen molar-refractivity contribution in [1.82, 2.24) is 14.5 Å². The van der Waals surface area contributed by atoms with E-state index in [-0.39, 0.29) is 25.4 Å². The van der Waals surface area contributed by atoms with E-state index in [4.69, 9.17) is 16.2 Å². The first-order chi connectivity index (χ1) is 14.0. The van der Waals surface area contributed by atoms with Crippen LogP contribution < -0.4 is 22.7 Å². The third kappa shape index (κ3) is 4.63. The topological polar surface area (TPSA) is 174 Å². The Hall–Kier alpha value is -2.50. The highest BCUT2D eigenvalue weighted by atomic mass is 16.5. The van der Waals surface area contributed by atoms with Gasteiger partial charge in [-0.1, -0.05) is 0 Å². The lowest BCUT2D eigenvalue weighted by Crippen LogP contribution is -2.59. The smallest absolute Gasteiger partial charge is 0.328 e. The molecule has 1 aromatic rings. The summed E-state index contributed by atoms with van der Waals surface area (Å²) in [5.74, 6) is -0.726. The molecule has 2 amide bonds. The van der Waals surface area contributed by atoms with Crippen molar-refractivity contribution in [3.8, 4) is 0 Å². The van der Waals surface area contributed by atoms with Crippen LogP contribution in [0.5, 0.6) is 0 Å². The molecule has 1 spiro atoms. The zero-order valence-corrected chi connectivity index (χ0v) is 17.0. The second-order valence-corrected chi connectivity index (χ2v) is 8.49. The van der Waals surface area contributed by atoms with E-state index in [1.807, 2.05) is 0 Å². The maximum atomic E-state index is 12.4. The standard InChI is InChI=1S/C19H29N5O6/c1-18(29)11-19(30-10-13(18)24-7-4-14(25)22-17(24)28)5-8-23(9-6-19)15(26)3-2-12(20)16(21)27/h4,7,12-13,29H,2-3,5-6,8-11,20H2,1H3,(H2,21,27)(H,22,25,28)/t12-,13-,18-/m0/s1. The number of aliphatic hydroxyl groups is 1. The molecule has 2 aliphatic rings. The van der Waals surface area contributed by atoms with Gasteiger partial charge >= 0.3 is 5.69 Å². The molecular weight excluding hydrogens is 394 g/mol. The third-order valence-corrected chi connectivity index (χ3v) is 6.19. The number of hydrogen-bond donors (Lipinski definition) is 4. The van der Waals surface area contributed by atoms with Crippen LogP contribution in [-0.2, 0) is 14.3 Å². The van der Waals surface area contributed by atoms with Gasteiger partial charge in [0, 0.05) is 38.2 Å². The van der Waals surface area contributed by atoms with Crippen molar-refractivity contribution in [3.63, 3.8) is 0 Å². The summed E-state index contributed by atoms with van der Waals surface area (Å²) >= 11 is 0. The number of hydrogen-bond acceptors (Lipinski definition) is 7. The number of aromatic nitrogens is 2. The lowest BCUT2D eigenvalue weighted by molar-refractivity contribution is -0.198. The maximum Gasteiger partial charge on any atom is 0.328 e. The van der Waals surface area contributed by atoms with Crippen LogP contribution in [0.3, 0.4) is 0 Å². The van der Waals surface area contributed by atoms with E-state index in [2.05, 4.69) is 4.98 Å². The Kier molecular flexibility index (Phi) is 6.16. The highest BCUT2D eigenvalue weighted by Crippen LogP contribution is 2.43. The molecule has 0 aliphatic carbocycles. The molecule has 166 valence electrons. The predicted molar refractivity (Wildman–Crippen MR) is 107 cm³/mol. The summed E-state index contributed by atoms with van der Waals surface area (Å²) in [6.07, 6.45) is 3.10. The quantitative estimate of drug-likeness (QED) is 0.432. The second kappa shape index (κ2) is 8.32. The van der Waals surface area contributed by atoms with Gasteiger partial charge in [-0.3, -0.25) is 23.9 Å². The van der Waals surface area contributed by atoms with Crippen molar-refractivity contribution >= 4 is 11.8 Å². The highest BCUT2D eigenvalue weighted by molar-refractivity contribution is 5.81. The molecular formula is C19H29N5O6. The Labute approximate surface area is 173 Å². The Morgan fingerprint density at radius 1 is 1.37 bits per heavy atom. The summed E-state index contributed by atoms with van der Waals surface area (Å²) in [7, 11) is 0. The molecule has 6 N–H and O–H groups in total. The van der Waals surface area contributed by atoms with Gasteiger partial charge < -0.3 is 26.2 Å². The van der Waals surface area contributed by atoms with Gasteiger partial charge in [-0.25, -0.2) is 4.79 Å². The monoisotopic (exact) mass is 423 g/mol. The molecule has 3 heterocycles. The molecule has 1 aromatic heterocycles. The number of aromatic amines is 1. The van der Waals surface area contributed by atoms with Crippen LogP contribution in [0.25, 0.3) is 0 Å². The van der Waals surface area contributed by atoms with Crippen molar-refractivity contribution in [2.45, 2.75) is 62.3 Å². The first kappa shape index (κ1) is 22.2. The fraction of sp³-hybridized carbons (Fsp3) is 0.684. The number of amides is 2. The van der Waals surface area contributed by atoms with E-state index in [0.717, 1.165) is 0 Å². The summed E-state index contributed by atoms with van der Waals surface area (Å²) < 4.78 is 7.41. The zero-order valence-electron chi connectivity index (χ0n) is 17.0.